The van der Waals surface area contributed by atoms with Crippen LogP contribution in [0.1, 0.15) is 35.2 Å². The molecule has 7 nitrogen and oxygen atoms in total. The second-order valence-corrected chi connectivity index (χ2v) is 7.53. The van der Waals surface area contributed by atoms with Gasteiger partial charge < -0.3 is 19.3 Å². The molecule has 1 atom stereocenters. The number of carbonyl (C=O) groups excluding carboxylic acids is 3. The minimum atomic E-state index is -0.610. The van der Waals surface area contributed by atoms with Gasteiger partial charge in [-0.15, -0.1) is 0 Å². The van der Waals surface area contributed by atoms with E-state index in [4.69, 9.17) is 9.47 Å². The summed E-state index contributed by atoms with van der Waals surface area (Å²) in [4.78, 5) is 41.0. The van der Waals surface area contributed by atoms with Crippen molar-refractivity contribution in [3.63, 3.8) is 0 Å². The van der Waals surface area contributed by atoms with E-state index >= 15 is 0 Å². The molecule has 2 aromatic rings. The summed E-state index contributed by atoms with van der Waals surface area (Å²) in [5.41, 5.74) is 1.88. The maximum Gasteiger partial charge on any atom is 0.329 e. The second kappa shape index (κ2) is 8.57. The Bertz CT molecular complexity index is 959. The summed E-state index contributed by atoms with van der Waals surface area (Å²) in [7, 11) is 1.66. The Hall–Kier alpha value is -3.35. The molecular weight excluding hydrogens is 384 g/mol. The van der Waals surface area contributed by atoms with Crippen molar-refractivity contribution in [1.82, 2.24) is 4.90 Å². The summed E-state index contributed by atoms with van der Waals surface area (Å²) < 4.78 is 10.9. The van der Waals surface area contributed by atoms with Gasteiger partial charge in [0.25, 0.3) is 11.8 Å². The lowest BCUT2D eigenvalue weighted by Crippen LogP contribution is -2.48. The van der Waals surface area contributed by atoms with E-state index in [1.165, 1.54) is 4.90 Å². The van der Waals surface area contributed by atoms with Gasteiger partial charge in [-0.25, -0.2) is 4.79 Å². The Morgan fingerprint density at radius 1 is 1.13 bits per heavy atom. The van der Waals surface area contributed by atoms with E-state index in [9.17, 15) is 14.4 Å². The fourth-order valence-corrected chi connectivity index (χ4v) is 3.82. The van der Waals surface area contributed by atoms with Gasteiger partial charge in [-0.3, -0.25) is 9.59 Å². The smallest absolute Gasteiger partial charge is 0.329 e. The largest absolute Gasteiger partial charge is 0.482 e. The number of hydrogen-bond acceptors (Lipinski definition) is 5. The molecular formula is C23H24N2O5. The van der Waals surface area contributed by atoms with Crippen molar-refractivity contribution in [2.24, 2.45) is 0 Å². The fourth-order valence-electron chi connectivity index (χ4n) is 3.82. The van der Waals surface area contributed by atoms with E-state index in [2.05, 4.69) is 0 Å². The average molecular weight is 408 g/mol. The predicted octanol–water partition coefficient (Wildman–Crippen LogP) is 2.78. The highest BCUT2D eigenvalue weighted by Crippen LogP contribution is 2.33. The Morgan fingerprint density at radius 3 is 2.73 bits per heavy atom. The van der Waals surface area contributed by atoms with Crippen molar-refractivity contribution < 1.29 is 23.9 Å². The third-order valence-electron chi connectivity index (χ3n) is 5.55. The molecule has 30 heavy (non-hydrogen) atoms. The molecule has 2 amide bonds. The summed E-state index contributed by atoms with van der Waals surface area (Å²) in [6.07, 6.45) is 2.27. The standard InChI is InChI=1S/C23H24N2O5/c1-24-19-13-17(10-11-20(19)29-15-21(24)26)22(27)25-12-6-5-9-18(25)23(28)30-14-16-7-3-2-4-8-16/h2-4,7-8,10-11,13,18H,5-6,9,12,14-15H2,1H3. The number of likely N-dealkylation sites (tertiary alicyclic amines) is 1. The highest BCUT2D eigenvalue weighted by molar-refractivity contribution is 6.01. The number of amides is 2. The van der Waals surface area contributed by atoms with Crippen molar-refractivity contribution >= 4 is 23.5 Å². The minimum absolute atomic E-state index is 0.0156. The molecule has 156 valence electrons. The number of rotatable bonds is 4. The van der Waals surface area contributed by atoms with Crippen LogP contribution in [-0.2, 0) is 20.9 Å². The number of hydrogen-bond donors (Lipinski definition) is 0. The minimum Gasteiger partial charge on any atom is -0.482 e. The van der Waals surface area contributed by atoms with Crippen LogP contribution < -0.4 is 9.64 Å². The lowest BCUT2D eigenvalue weighted by Gasteiger charge is -2.34. The topological polar surface area (TPSA) is 76.2 Å². The molecule has 2 aromatic carbocycles. The summed E-state index contributed by atoms with van der Waals surface area (Å²) in [5, 5.41) is 0. The molecule has 0 aliphatic carbocycles. The first-order chi connectivity index (χ1) is 14.5. The first-order valence-corrected chi connectivity index (χ1v) is 10.1. The summed E-state index contributed by atoms with van der Waals surface area (Å²) >= 11 is 0. The highest BCUT2D eigenvalue weighted by Gasteiger charge is 2.34. The van der Waals surface area contributed by atoms with Gasteiger partial charge in [-0.2, -0.15) is 0 Å². The Balaban J connectivity index is 1.50. The van der Waals surface area contributed by atoms with E-state index in [0.29, 0.717) is 30.0 Å². The Kier molecular flexibility index (Phi) is 5.70. The van der Waals surface area contributed by atoms with Gasteiger partial charge in [0.05, 0.1) is 5.69 Å². The fraction of sp³-hybridized carbons (Fsp3) is 0.348. The second-order valence-electron chi connectivity index (χ2n) is 7.53. The molecule has 0 aromatic heterocycles. The van der Waals surface area contributed by atoms with Crippen LogP contribution in [0.2, 0.25) is 0 Å². The quantitative estimate of drug-likeness (QED) is 0.727. The number of esters is 1. The van der Waals surface area contributed by atoms with E-state index < -0.39 is 6.04 Å². The van der Waals surface area contributed by atoms with Crippen LogP contribution in [0.25, 0.3) is 0 Å². The molecule has 1 saturated heterocycles. The zero-order valence-corrected chi connectivity index (χ0v) is 16.9. The van der Waals surface area contributed by atoms with Gasteiger partial charge in [0.1, 0.15) is 18.4 Å². The summed E-state index contributed by atoms with van der Waals surface area (Å²) in [6, 6.07) is 13.9. The lowest BCUT2D eigenvalue weighted by molar-refractivity contribution is -0.151. The number of likely N-dealkylation sites (N-methyl/N-ethyl adjacent to an activating group) is 1. The molecule has 1 unspecified atom stereocenters. The Morgan fingerprint density at radius 2 is 1.93 bits per heavy atom. The third-order valence-corrected chi connectivity index (χ3v) is 5.55. The van der Waals surface area contributed by atoms with E-state index in [-0.39, 0.29) is 31.0 Å². The van der Waals surface area contributed by atoms with Crippen LogP contribution in [0.5, 0.6) is 5.75 Å². The highest BCUT2D eigenvalue weighted by atomic mass is 16.5. The molecule has 4 rings (SSSR count). The van der Waals surface area contributed by atoms with E-state index in [1.807, 2.05) is 30.3 Å². The van der Waals surface area contributed by atoms with Crippen LogP contribution >= 0.6 is 0 Å². The van der Waals surface area contributed by atoms with E-state index in [0.717, 1.165) is 18.4 Å². The molecule has 0 saturated carbocycles. The zero-order valence-electron chi connectivity index (χ0n) is 16.9. The monoisotopic (exact) mass is 408 g/mol. The first-order valence-electron chi connectivity index (χ1n) is 10.1. The van der Waals surface area contributed by atoms with Crippen LogP contribution in [0.4, 0.5) is 5.69 Å². The molecule has 0 radical (unpaired) electrons. The van der Waals surface area contributed by atoms with Crippen LogP contribution in [0, 0.1) is 0 Å². The number of nitrogens with zero attached hydrogens (tertiary/aromatic N) is 2. The maximum atomic E-state index is 13.2. The lowest BCUT2D eigenvalue weighted by atomic mass is 10.0. The molecule has 2 heterocycles. The zero-order chi connectivity index (χ0) is 21.1. The SMILES string of the molecule is CN1C(=O)COc2ccc(C(=O)N3CCCCC3C(=O)OCc3ccccc3)cc21. The van der Waals surface area contributed by atoms with Gasteiger partial charge in [-0.05, 0) is 43.0 Å². The van der Waals surface area contributed by atoms with Crippen molar-refractivity contribution in [2.75, 3.05) is 25.1 Å². The molecule has 1 fully saturated rings. The number of benzene rings is 2. The van der Waals surface area contributed by atoms with Crippen molar-refractivity contribution in [3.05, 3.63) is 59.7 Å². The van der Waals surface area contributed by atoms with Crippen molar-refractivity contribution in [2.45, 2.75) is 31.9 Å². The molecule has 0 N–H and O–H groups in total. The van der Waals surface area contributed by atoms with Crippen molar-refractivity contribution in [3.8, 4) is 5.75 Å². The van der Waals surface area contributed by atoms with Gasteiger partial charge in [-0.1, -0.05) is 30.3 Å². The van der Waals surface area contributed by atoms with E-state index in [1.54, 1.807) is 30.1 Å². The number of fused-ring (bicyclic) bond motifs is 1. The average Bonchev–Trinajstić information content (AvgIpc) is 2.80. The number of anilines is 1. The summed E-state index contributed by atoms with van der Waals surface area (Å²) in [6.45, 7) is 0.659. The number of carbonyl (C=O) groups is 3. The maximum absolute atomic E-state index is 13.2. The number of ether oxygens (including phenoxy) is 2. The molecule has 2 aliphatic heterocycles. The first kappa shape index (κ1) is 19.9. The van der Waals surface area contributed by atoms with Gasteiger partial charge >= 0.3 is 5.97 Å². The van der Waals surface area contributed by atoms with Gasteiger partial charge in [0.15, 0.2) is 6.61 Å². The normalized spacial score (nSPS) is 18.4. The van der Waals surface area contributed by atoms with Gasteiger partial charge in [0, 0.05) is 19.2 Å². The molecule has 7 heteroatoms. The van der Waals surface area contributed by atoms with Gasteiger partial charge in [0.2, 0.25) is 0 Å². The summed E-state index contributed by atoms with van der Waals surface area (Å²) in [5.74, 6) is -0.246. The Labute approximate surface area is 175 Å². The molecule has 2 aliphatic rings. The van der Waals surface area contributed by atoms with Crippen molar-refractivity contribution in [1.29, 1.82) is 0 Å². The number of piperidine rings is 1. The molecule has 0 spiro atoms. The third kappa shape index (κ3) is 4.01. The van der Waals surface area contributed by atoms with Crippen LogP contribution in [0.15, 0.2) is 48.5 Å². The van der Waals surface area contributed by atoms with Crippen LogP contribution in [-0.4, -0.2) is 48.9 Å². The van der Waals surface area contributed by atoms with Crippen LogP contribution in [0.3, 0.4) is 0 Å². The molecule has 0 bridgehead atoms. The predicted molar refractivity (Wildman–Crippen MR) is 110 cm³/mol.